The van der Waals surface area contributed by atoms with E-state index in [2.05, 4.69) is 56.0 Å². The van der Waals surface area contributed by atoms with Gasteiger partial charge in [0.05, 0.1) is 0 Å². The number of anilines is 1. The van der Waals surface area contributed by atoms with Gasteiger partial charge in [-0.3, -0.25) is 0 Å². The molecular weight excluding hydrogens is 256 g/mol. The van der Waals surface area contributed by atoms with Crippen molar-refractivity contribution < 1.29 is 0 Å². The maximum Gasteiger partial charge on any atom is 0.0366 e. The van der Waals surface area contributed by atoms with Crippen LogP contribution in [0, 0.1) is 11.3 Å². The van der Waals surface area contributed by atoms with Gasteiger partial charge >= 0.3 is 0 Å². The molecule has 2 N–H and O–H groups in total. The lowest BCUT2D eigenvalue weighted by molar-refractivity contribution is 0.160. The molecule has 0 spiro atoms. The van der Waals surface area contributed by atoms with Crippen LogP contribution < -0.4 is 10.6 Å². The van der Waals surface area contributed by atoms with E-state index in [0.29, 0.717) is 17.4 Å². The van der Waals surface area contributed by atoms with Gasteiger partial charge in [0.25, 0.3) is 0 Å². The lowest BCUT2D eigenvalue weighted by Crippen LogP contribution is -2.45. The molecule has 1 saturated carbocycles. The largest absolute Gasteiger partial charge is 0.371 e. The molecule has 21 heavy (non-hydrogen) atoms. The molecule has 0 aliphatic heterocycles. The third kappa shape index (κ3) is 4.74. The second-order valence-electron chi connectivity index (χ2n) is 7.47. The Balaban J connectivity index is 2.07. The molecule has 1 fully saturated rings. The lowest BCUT2D eigenvalue weighted by Gasteiger charge is -2.42. The van der Waals surface area contributed by atoms with Crippen LogP contribution in [-0.2, 0) is 0 Å². The molecule has 0 heterocycles. The summed E-state index contributed by atoms with van der Waals surface area (Å²) in [4.78, 5) is 2.55. The summed E-state index contributed by atoms with van der Waals surface area (Å²) in [6.07, 6.45) is 6.19. The highest BCUT2D eigenvalue weighted by molar-refractivity contribution is 5.46. The quantitative estimate of drug-likeness (QED) is 0.838. The van der Waals surface area contributed by atoms with Crippen LogP contribution in [0.5, 0.6) is 0 Å². The number of nitrogens with two attached hydrogens (primary N) is 1. The van der Waals surface area contributed by atoms with E-state index in [1.54, 1.807) is 0 Å². The number of rotatable bonds is 6. The molecule has 2 atom stereocenters. The highest BCUT2D eigenvalue weighted by atomic mass is 15.1. The number of hydrogen-bond donors (Lipinski definition) is 1. The normalized spacial score (nSPS) is 24.8. The number of unbranched alkanes of at least 4 members (excludes halogenated alkanes) is 1. The minimum absolute atomic E-state index is 0.367. The maximum atomic E-state index is 6.43. The number of benzene rings is 1. The van der Waals surface area contributed by atoms with Crippen LogP contribution in [0.4, 0.5) is 5.69 Å². The van der Waals surface area contributed by atoms with Crippen molar-refractivity contribution in [1.29, 1.82) is 0 Å². The first-order valence-electron chi connectivity index (χ1n) is 8.57. The highest BCUT2D eigenvalue weighted by Gasteiger charge is 2.33. The summed E-state index contributed by atoms with van der Waals surface area (Å²) in [6.45, 7) is 9.30. The number of para-hydroxylation sites is 1. The molecule has 2 heteroatoms. The number of nitrogens with zero attached hydrogens (tertiary/aromatic N) is 1. The molecule has 2 rings (SSSR count). The molecule has 2 unspecified atom stereocenters. The minimum Gasteiger partial charge on any atom is -0.371 e. The lowest BCUT2D eigenvalue weighted by atomic mass is 9.70. The molecule has 0 radical (unpaired) electrons. The Hall–Kier alpha value is -1.02. The molecule has 0 amide bonds. The predicted octanol–water partition coefficient (Wildman–Crippen LogP) is 4.45. The van der Waals surface area contributed by atoms with Crippen molar-refractivity contribution in [1.82, 2.24) is 0 Å². The SMILES string of the molecule is CCCCN(CC1CC(C)(C)CCC1N)c1ccccc1. The molecule has 0 saturated heterocycles. The van der Waals surface area contributed by atoms with Crippen molar-refractivity contribution in [3.8, 4) is 0 Å². The third-order valence-electron chi connectivity index (χ3n) is 4.93. The Morgan fingerprint density at radius 2 is 1.95 bits per heavy atom. The zero-order valence-electron chi connectivity index (χ0n) is 14.0. The molecule has 1 aromatic carbocycles. The maximum absolute atomic E-state index is 6.43. The van der Waals surface area contributed by atoms with E-state index in [1.165, 1.54) is 37.8 Å². The van der Waals surface area contributed by atoms with E-state index in [9.17, 15) is 0 Å². The van der Waals surface area contributed by atoms with E-state index >= 15 is 0 Å². The zero-order chi connectivity index (χ0) is 15.3. The van der Waals surface area contributed by atoms with E-state index < -0.39 is 0 Å². The topological polar surface area (TPSA) is 29.3 Å². The summed E-state index contributed by atoms with van der Waals surface area (Å²) in [5, 5.41) is 0. The van der Waals surface area contributed by atoms with Gasteiger partial charge in [-0.25, -0.2) is 0 Å². The summed E-state index contributed by atoms with van der Waals surface area (Å²) in [5.74, 6) is 0.616. The van der Waals surface area contributed by atoms with Gasteiger partial charge in [-0.05, 0) is 49.1 Å². The first-order valence-corrected chi connectivity index (χ1v) is 8.57. The fourth-order valence-electron chi connectivity index (χ4n) is 3.55. The van der Waals surface area contributed by atoms with Crippen molar-refractivity contribution in [2.75, 3.05) is 18.0 Å². The van der Waals surface area contributed by atoms with Gasteiger partial charge in [-0.2, -0.15) is 0 Å². The van der Waals surface area contributed by atoms with Gasteiger partial charge in [-0.15, -0.1) is 0 Å². The van der Waals surface area contributed by atoms with E-state index in [4.69, 9.17) is 5.73 Å². The highest BCUT2D eigenvalue weighted by Crippen LogP contribution is 2.38. The average molecular weight is 288 g/mol. The van der Waals surface area contributed by atoms with Crippen molar-refractivity contribution >= 4 is 5.69 Å². The average Bonchev–Trinajstić information content (AvgIpc) is 2.48. The molecule has 0 aromatic heterocycles. The minimum atomic E-state index is 0.367. The molecule has 1 aliphatic carbocycles. The van der Waals surface area contributed by atoms with Crippen LogP contribution in [0.2, 0.25) is 0 Å². The zero-order valence-corrected chi connectivity index (χ0v) is 14.0. The summed E-state index contributed by atoms with van der Waals surface area (Å²) in [7, 11) is 0. The third-order valence-corrected chi connectivity index (χ3v) is 4.93. The summed E-state index contributed by atoms with van der Waals surface area (Å²) in [5.41, 5.74) is 8.23. The summed E-state index contributed by atoms with van der Waals surface area (Å²) < 4.78 is 0. The van der Waals surface area contributed by atoms with Crippen molar-refractivity contribution in [3.05, 3.63) is 30.3 Å². The Morgan fingerprint density at radius 3 is 2.62 bits per heavy atom. The monoisotopic (exact) mass is 288 g/mol. The first kappa shape index (κ1) is 16.4. The van der Waals surface area contributed by atoms with E-state index in [-0.39, 0.29) is 0 Å². The van der Waals surface area contributed by atoms with Crippen LogP contribution in [0.15, 0.2) is 30.3 Å². The van der Waals surface area contributed by atoms with E-state index in [0.717, 1.165) is 13.1 Å². The van der Waals surface area contributed by atoms with Crippen LogP contribution in [0.1, 0.15) is 52.9 Å². The second kappa shape index (κ2) is 7.31. The Bertz CT molecular complexity index is 413. The second-order valence-corrected chi connectivity index (χ2v) is 7.47. The molecule has 118 valence electrons. The van der Waals surface area contributed by atoms with Crippen molar-refractivity contribution in [2.24, 2.45) is 17.1 Å². The van der Waals surface area contributed by atoms with E-state index in [1.807, 2.05) is 0 Å². The fraction of sp³-hybridized carbons (Fsp3) is 0.684. The van der Waals surface area contributed by atoms with Gasteiger partial charge in [0.1, 0.15) is 0 Å². The molecule has 0 bridgehead atoms. The van der Waals surface area contributed by atoms with Crippen LogP contribution in [-0.4, -0.2) is 19.1 Å². The van der Waals surface area contributed by atoms with Gasteiger partial charge in [0, 0.05) is 24.8 Å². The fourth-order valence-corrected chi connectivity index (χ4v) is 3.55. The first-order chi connectivity index (χ1) is 10.0. The van der Waals surface area contributed by atoms with Gasteiger partial charge in [0.2, 0.25) is 0 Å². The standard InChI is InChI=1S/C19H32N2/c1-4-5-13-21(17-9-7-6-8-10-17)15-16-14-19(2,3)12-11-18(16)20/h6-10,16,18H,4-5,11-15,20H2,1-3H3. The van der Waals surface area contributed by atoms with Gasteiger partial charge in [0.15, 0.2) is 0 Å². The smallest absolute Gasteiger partial charge is 0.0366 e. The molecule has 1 aromatic rings. The predicted molar refractivity (Wildman–Crippen MR) is 92.7 cm³/mol. The Labute approximate surface area is 130 Å². The van der Waals surface area contributed by atoms with Crippen molar-refractivity contribution in [2.45, 2.75) is 58.9 Å². The summed E-state index contributed by atoms with van der Waals surface area (Å²) in [6, 6.07) is 11.2. The van der Waals surface area contributed by atoms with Crippen LogP contribution >= 0.6 is 0 Å². The van der Waals surface area contributed by atoms with Crippen LogP contribution in [0.3, 0.4) is 0 Å². The molecule has 2 nitrogen and oxygen atoms in total. The molecular formula is C19H32N2. The van der Waals surface area contributed by atoms with Crippen LogP contribution in [0.25, 0.3) is 0 Å². The summed E-state index contributed by atoms with van der Waals surface area (Å²) >= 11 is 0. The number of hydrogen-bond acceptors (Lipinski definition) is 2. The van der Waals surface area contributed by atoms with Crippen molar-refractivity contribution in [3.63, 3.8) is 0 Å². The Kier molecular flexibility index (Phi) is 5.69. The Morgan fingerprint density at radius 1 is 1.24 bits per heavy atom. The molecule has 1 aliphatic rings. The van der Waals surface area contributed by atoms with Gasteiger partial charge in [-0.1, -0.05) is 45.4 Å². The van der Waals surface area contributed by atoms with Gasteiger partial charge < -0.3 is 10.6 Å².